The van der Waals surface area contributed by atoms with Crippen LogP contribution in [0.5, 0.6) is 0 Å². The lowest BCUT2D eigenvalue weighted by Gasteiger charge is -2.15. The fourth-order valence-corrected chi connectivity index (χ4v) is 1.46. The van der Waals surface area contributed by atoms with E-state index in [1.807, 2.05) is 0 Å². The number of hydrogen-bond acceptors (Lipinski definition) is 3. The van der Waals surface area contributed by atoms with Gasteiger partial charge < -0.3 is 5.32 Å². The van der Waals surface area contributed by atoms with Crippen LogP contribution in [-0.2, 0) is 0 Å². The normalized spacial score (nSPS) is 13.4. The van der Waals surface area contributed by atoms with E-state index in [1.165, 1.54) is 6.42 Å². The molecule has 1 unspecified atom stereocenters. The molecular formula is C10H20N4. The van der Waals surface area contributed by atoms with E-state index in [1.54, 1.807) is 6.33 Å². The standard InChI is InChI=1S/C10H20N4/c1-4-11-9(6-5-8(2)3)10-12-7-13-14-10/h7-9,11H,4-6H2,1-3H3,(H,12,13,14). The first-order chi connectivity index (χ1) is 6.74. The second-order valence-corrected chi connectivity index (χ2v) is 3.95. The van der Waals surface area contributed by atoms with Gasteiger partial charge in [-0.2, -0.15) is 5.10 Å². The van der Waals surface area contributed by atoms with Gasteiger partial charge in [-0.25, -0.2) is 4.98 Å². The highest BCUT2D eigenvalue weighted by molar-refractivity contribution is 4.90. The summed E-state index contributed by atoms with van der Waals surface area (Å²) in [5.74, 6) is 1.69. The summed E-state index contributed by atoms with van der Waals surface area (Å²) in [5, 5.41) is 10.2. The van der Waals surface area contributed by atoms with Crippen molar-refractivity contribution in [3.63, 3.8) is 0 Å². The van der Waals surface area contributed by atoms with E-state index >= 15 is 0 Å². The summed E-state index contributed by atoms with van der Waals surface area (Å²) in [6.07, 6.45) is 3.88. The summed E-state index contributed by atoms with van der Waals surface area (Å²) in [4.78, 5) is 4.18. The highest BCUT2D eigenvalue weighted by Gasteiger charge is 2.13. The van der Waals surface area contributed by atoms with Crippen LogP contribution in [-0.4, -0.2) is 21.7 Å². The number of rotatable bonds is 6. The molecule has 4 heteroatoms. The van der Waals surface area contributed by atoms with Crippen LogP contribution in [0.15, 0.2) is 6.33 Å². The summed E-state index contributed by atoms with van der Waals surface area (Å²) >= 11 is 0. The molecule has 0 aliphatic rings. The van der Waals surface area contributed by atoms with Gasteiger partial charge in [0.2, 0.25) is 0 Å². The third kappa shape index (κ3) is 3.46. The lowest BCUT2D eigenvalue weighted by Crippen LogP contribution is -2.22. The number of aromatic nitrogens is 3. The van der Waals surface area contributed by atoms with Gasteiger partial charge in [-0.05, 0) is 25.3 Å². The smallest absolute Gasteiger partial charge is 0.141 e. The largest absolute Gasteiger partial charge is 0.308 e. The molecule has 0 amide bonds. The van der Waals surface area contributed by atoms with Crippen molar-refractivity contribution in [1.82, 2.24) is 20.5 Å². The monoisotopic (exact) mass is 196 g/mol. The van der Waals surface area contributed by atoms with Gasteiger partial charge in [0.25, 0.3) is 0 Å². The quantitative estimate of drug-likeness (QED) is 0.730. The van der Waals surface area contributed by atoms with E-state index in [-0.39, 0.29) is 0 Å². The zero-order valence-corrected chi connectivity index (χ0v) is 9.25. The van der Waals surface area contributed by atoms with Gasteiger partial charge in [-0.3, -0.25) is 5.10 Å². The minimum atomic E-state index is 0.324. The Hall–Kier alpha value is -0.900. The molecule has 0 aliphatic heterocycles. The molecule has 1 heterocycles. The molecule has 14 heavy (non-hydrogen) atoms. The molecule has 4 nitrogen and oxygen atoms in total. The van der Waals surface area contributed by atoms with E-state index in [2.05, 4.69) is 41.3 Å². The molecule has 1 aromatic rings. The Morgan fingerprint density at radius 1 is 1.43 bits per heavy atom. The zero-order valence-electron chi connectivity index (χ0n) is 9.25. The van der Waals surface area contributed by atoms with Crippen LogP contribution in [0.3, 0.4) is 0 Å². The molecule has 0 radical (unpaired) electrons. The Labute approximate surface area is 85.5 Å². The van der Waals surface area contributed by atoms with Crippen LogP contribution >= 0.6 is 0 Å². The predicted molar refractivity (Wildman–Crippen MR) is 56.9 cm³/mol. The fraction of sp³-hybridized carbons (Fsp3) is 0.800. The maximum absolute atomic E-state index is 4.18. The molecule has 0 saturated heterocycles. The Bertz CT molecular complexity index is 230. The highest BCUT2D eigenvalue weighted by atomic mass is 15.2. The lowest BCUT2D eigenvalue weighted by atomic mass is 10.0. The zero-order chi connectivity index (χ0) is 10.4. The molecule has 0 fully saturated rings. The van der Waals surface area contributed by atoms with Crippen LogP contribution in [0.1, 0.15) is 45.5 Å². The van der Waals surface area contributed by atoms with Crippen molar-refractivity contribution >= 4 is 0 Å². The van der Waals surface area contributed by atoms with Gasteiger partial charge >= 0.3 is 0 Å². The second-order valence-electron chi connectivity index (χ2n) is 3.95. The van der Waals surface area contributed by atoms with Crippen molar-refractivity contribution in [3.8, 4) is 0 Å². The Kier molecular flexibility index (Phi) is 4.59. The van der Waals surface area contributed by atoms with Crippen LogP contribution in [0.2, 0.25) is 0 Å². The summed E-state index contributed by atoms with van der Waals surface area (Å²) in [5.41, 5.74) is 0. The minimum absolute atomic E-state index is 0.324. The Balaban J connectivity index is 2.47. The Morgan fingerprint density at radius 2 is 2.21 bits per heavy atom. The second kappa shape index (κ2) is 5.75. The Morgan fingerprint density at radius 3 is 2.71 bits per heavy atom. The molecular weight excluding hydrogens is 176 g/mol. The molecule has 1 rings (SSSR count). The number of hydrogen-bond donors (Lipinski definition) is 2. The molecule has 0 aromatic carbocycles. The maximum Gasteiger partial charge on any atom is 0.141 e. The van der Waals surface area contributed by atoms with Gasteiger partial charge in [0.15, 0.2) is 0 Å². The summed E-state index contributed by atoms with van der Waals surface area (Å²) in [7, 11) is 0. The van der Waals surface area contributed by atoms with Crippen molar-refractivity contribution in [1.29, 1.82) is 0 Å². The average molecular weight is 196 g/mol. The predicted octanol–water partition coefficient (Wildman–Crippen LogP) is 1.89. The highest BCUT2D eigenvalue weighted by Crippen LogP contribution is 2.16. The minimum Gasteiger partial charge on any atom is -0.308 e. The van der Waals surface area contributed by atoms with Crippen molar-refractivity contribution in [2.45, 2.75) is 39.7 Å². The summed E-state index contributed by atoms with van der Waals surface area (Å²) < 4.78 is 0. The van der Waals surface area contributed by atoms with Gasteiger partial charge in [0.05, 0.1) is 6.04 Å². The fourth-order valence-electron chi connectivity index (χ4n) is 1.46. The van der Waals surface area contributed by atoms with Crippen LogP contribution < -0.4 is 5.32 Å². The van der Waals surface area contributed by atoms with Gasteiger partial charge in [-0.1, -0.05) is 20.8 Å². The van der Waals surface area contributed by atoms with Crippen LogP contribution in [0.4, 0.5) is 0 Å². The van der Waals surface area contributed by atoms with Gasteiger partial charge in [0.1, 0.15) is 12.2 Å². The molecule has 0 bridgehead atoms. The van der Waals surface area contributed by atoms with Gasteiger partial charge in [-0.15, -0.1) is 0 Å². The van der Waals surface area contributed by atoms with E-state index in [0.717, 1.165) is 24.7 Å². The molecule has 1 aromatic heterocycles. The van der Waals surface area contributed by atoms with Crippen molar-refractivity contribution in [2.24, 2.45) is 5.92 Å². The van der Waals surface area contributed by atoms with Gasteiger partial charge in [0, 0.05) is 0 Å². The topological polar surface area (TPSA) is 53.6 Å². The average Bonchev–Trinajstić information content (AvgIpc) is 2.64. The molecule has 0 aliphatic carbocycles. The first-order valence-corrected chi connectivity index (χ1v) is 5.32. The summed E-state index contributed by atoms with van der Waals surface area (Å²) in [6, 6.07) is 0.324. The van der Waals surface area contributed by atoms with E-state index < -0.39 is 0 Å². The first kappa shape index (κ1) is 11.2. The number of H-pyrrole nitrogens is 1. The molecule has 0 saturated carbocycles. The molecule has 0 spiro atoms. The van der Waals surface area contributed by atoms with E-state index in [9.17, 15) is 0 Å². The van der Waals surface area contributed by atoms with E-state index in [0.29, 0.717) is 6.04 Å². The number of aromatic amines is 1. The summed E-state index contributed by atoms with van der Waals surface area (Å²) in [6.45, 7) is 7.55. The third-order valence-electron chi connectivity index (χ3n) is 2.25. The van der Waals surface area contributed by atoms with Crippen LogP contribution in [0.25, 0.3) is 0 Å². The first-order valence-electron chi connectivity index (χ1n) is 5.32. The number of nitrogens with zero attached hydrogens (tertiary/aromatic N) is 2. The lowest BCUT2D eigenvalue weighted by molar-refractivity contribution is 0.434. The number of nitrogens with one attached hydrogen (secondary N) is 2. The molecule has 80 valence electrons. The maximum atomic E-state index is 4.18. The third-order valence-corrected chi connectivity index (χ3v) is 2.25. The van der Waals surface area contributed by atoms with Crippen molar-refractivity contribution in [3.05, 3.63) is 12.2 Å². The van der Waals surface area contributed by atoms with E-state index in [4.69, 9.17) is 0 Å². The van der Waals surface area contributed by atoms with Crippen LogP contribution in [0, 0.1) is 5.92 Å². The SMILES string of the molecule is CCNC(CCC(C)C)c1ncn[nH]1. The van der Waals surface area contributed by atoms with Crippen molar-refractivity contribution in [2.75, 3.05) is 6.54 Å². The molecule has 2 N–H and O–H groups in total. The molecule has 1 atom stereocenters. The van der Waals surface area contributed by atoms with Crippen molar-refractivity contribution < 1.29 is 0 Å².